The second-order valence-electron chi connectivity index (χ2n) is 7.69. The number of hydrogen-bond acceptors (Lipinski definition) is 6. The Hall–Kier alpha value is -2.70. The van der Waals surface area contributed by atoms with Crippen LogP contribution in [-0.2, 0) is 4.74 Å². The first-order chi connectivity index (χ1) is 12.9. The molecule has 0 radical (unpaired) electrons. The maximum atomic E-state index is 11.9. The molecule has 0 unspecified atom stereocenters. The van der Waals surface area contributed by atoms with Crippen LogP contribution in [0.25, 0.3) is 11.4 Å². The van der Waals surface area contributed by atoms with Crippen LogP contribution >= 0.6 is 0 Å². The molecule has 1 fully saturated rings. The van der Waals surface area contributed by atoms with E-state index in [1.807, 2.05) is 32.9 Å². The van der Waals surface area contributed by atoms with Gasteiger partial charge in [-0.15, -0.1) is 0 Å². The zero-order valence-electron chi connectivity index (χ0n) is 16.0. The van der Waals surface area contributed by atoms with Gasteiger partial charge >= 0.3 is 6.09 Å². The average Bonchev–Trinajstić information content (AvgIpc) is 2.63. The molecule has 0 saturated heterocycles. The first kappa shape index (κ1) is 19.1. The predicted molar refractivity (Wildman–Crippen MR) is 101 cm³/mol. The van der Waals surface area contributed by atoms with E-state index in [0.717, 1.165) is 31.2 Å². The largest absolute Gasteiger partial charge is 0.474 e. The van der Waals surface area contributed by atoms with Crippen molar-refractivity contribution in [2.45, 2.75) is 64.2 Å². The molecule has 2 aromatic rings. The Morgan fingerprint density at radius 3 is 2.44 bits per heavy atom. The molecule has 7 heteroatoms. The lowest BCUT2D eigenvalue weighted by Crippen LogP contribution is -2.42. The maximum Gasteiger partial charge on any atom is 0.407 e. The van der Waals surface area contributed by atoms with Crippen molar-refractivity contribution in [3.8, 4) is 17.3 Å². The van der Waals surface area contributed by atoms with Crippen molar-refractivity contribution in [2.75, 3.05) is 0 Å². The number of nitrogens with one attached hydrogen (secondary N) is 1. The van der Waals surface area contributed by atoms with Crippen LogP contribution in [-0.4, -0.2) is 38.8 Å². The molecule has 1 aliphatic carbocycles. The summed E-state index contributed by atoms with van der Waals surface area (Å²) in [5.74, 6) is 1.19. The smallest absolute Gasteiger partial charge is 0.407 e. The first-order valence-electron chi connectivity index (χ1n) is 9.29. The van der Waals surface area contributed by atoms with Crippen molar-refractivity contribution >= 4 is 6.09 Å². The molecule has 7 nitrogen and oxygen atoms in total. The molecule has 0 atom stereocenters. The second-order valence-corrected chi connectivity index (χ2v) is 7.69. The standard InChI is InChI=1S/C20H26N4O3/c1-20(2,3)27-19(25)23-15-4-6-16(7-5-15)26-17-10-13-22-18(24-17)14-8-11-21-12-9-14/h8-13,15-16H,4-7H2,1-3H3,(H,23,25)/t15-,16-. The highest BCUT2D eigenvalue weighted by atomic mass is 16.6. The molecule has 0 bridgehead atoms. The highest BCUT2D eigenvalue weighted by Gasteiger charge is 2.26. The molecule has 1 saturated carbocycles. The van der Waals surface area contributed by atoms with E-state index in [1.54, 1.807) is 24.7 Å². The summed E-state index contributed by atoms with van der Waals surface area (Å²) in [6.07, 6.45) is 8.28. The van der Waals surface area contributed by atoms with Gasteiger partial charge in [-0.05, 0) is 58.6 Å². The molecule has 2 aromatic heterocycles. The van der Waals surface area contributed by atoms with Crippen LogP contribution in [0, 0.1) is 0 Å². The fourth-order valence-electron chi connectivity index (χ4n) is 3.02. The molecule has 0 aliphatic heterocycles. The van der Waals surface area contributed by atoms with E-state index in [9.17, 15) is 4.79 Å². The topological polar surface area (TPSA) is 86.2 Å². The zero-order valence-corrected chi connectivity index (χ0v) is 16.0. The molecular weight excluding hydrogens is 344 g/mol. The Kier molecular flexibility index (Phi) is 5.88. The number of carbonyl (C=O) groups excluding carboxylic acids is 1. The third-order valence-electron chi connectivity index (χ3n) is 4.25. The third-order valence-corrected chi connectivity index (χ3v) is 4.25. The Bertz CT molecular complexity index is 753. The van der Waals surface area contributed by atoms with Crippen LogP contribution in [0.4, 0.5) is 4.79 Å². The number of hydrogen-bond donors (Lipinski definition) is 1. The van der Waals surface area contributed by atoms with Gasteiger partial charge in [0.1, 0.15) is 11.7 Å². The summed E-state index contributed by atoms with van der Waals surface area (Å²) in [6, 6.07) is 5.63. The summed E-state index contributed by atoms with van der Waals surface area (Å²) >= 11 is 0. The minimum Gasteiger partial charge on any atom is -0.474 e. The summed E-state index contributed by atoms with van der Waals surface area (Å²) in [5.41, 5.74) is 0.421. The molecule has 0 spiro atoms. The lowest BCUT2D eigenvalue weighted by molar-refractivity contribution is 0.0469. The van der Waals surface area contributed by atoms with Crippen molar-refractivity contribution in [3.05, 3.63) is 36.8 Å². The molecule has 2 heterocycles. The summed E-state index contributed by atoms with van der Waals surface area (Å²) < 4.78 is 11.4. The maximum absolute atomic E-state index is 11.9. The quantitative estimate of drug-likeness (QED) is 0.882. The van der Waals surface area contributed by atoms with Crippen LogP contribution in [0.3, 0.4) is 0 Å². The molecule has 3 rings (SSSR count). The summed E-state index contributed by atoms with van der Waals surface area (Å²) in [4.78, 5) is 24.7. The minimum atomic E-state index is -0.482. The van der Waals surface area contributed by atoms with Crippen LogP contribution in [0.15, 0.2) is 36.8 Å². The summed E-state index contributed by atoms with van der Waals surface area (Å²) in [5, 5.41) is 2.94. The SMILES string of the molecule is CC(C)(C)OC(=O)N[C@H]1CC[C@H](Oc2ccnc(-c3ccncc3)n2)CC1. The fourth-order valence-corrected chi connectivity index (χ4v) is 3.02. The van der Waals surface area contributed by atoms with Crippen molar-refractivity contribution in [1.82, 2.24) is 20.3 Å². The third kappa shape index (κ3) is 5.91. The van der Waals surface area contributed by atoms with Gasteiger partial charge in [0, 0.05) is 36.3 Å². The van der Waals surface area contributed by atoms with Gasteiger partial charge in [0.15, 0.2) is 5.82 Å². The molecule has 0 aromatic carbocycles. The summed E-state index contributed by atoms with van der Waals surface area (Å²) in [6.45, 7) is 5.58. The van der Waals surface area contributed by atoms with E-state index in [0.29, 0.717) is 11.7 Å². The lowest BCUT2D eigenvalue weighted by atomic mass is 9.93. The van der Waals surface area contributed by atoms with Crippen LogP contribution < -0.4 is 10.1 Å². The molecular formula is C20H26N4O3. The van der Waals surface area contributed by atoms with Crippen molar-refractivity contribution < 1.29 is 14.3 Å². The van der Waals surface area contributed by atoms with E-state index in [4.69, 9.17) is 9.47 Å². The number of alkyl carbamates (subject to hydrolysis) is 1. The van der Waals surface area contributed by atoms with Crippen molar-refractivity contribution in [2.24, 2.45) is 0 Å². The number of nitrogens with zero attached hydrogens (tertiary/aromatic N) is 3. The van der Waals surface area contributed by atoms with E-state index < -0.39 is 5.60 Å². The Balaban J connectivity index is 1.50. The molecule has 1 N–H and O–H groups in total. The fraction of sp³-hybridized carbons (Fsp3) is 0.500. The van der Waals surface area contributed by atoms with Crippen molar-refractivity contribution in [3.63, 3.8) is 0 Å². The lowest BCUT2D eigenvalue weighted by Gasteiger charge is -2.30. The average molecular weight is 370 g/mol. The Labute approximate surface area is 159 Å². The van der Waals surface area contributed by atoms with E-state index in [-0.39, 0.29) is 18.2 Å². The van der Waals surface area contributed by atoms with Gasteiger partial charge in [0.25, 0.3) is 0 Å². The number of rotatable bonds is 4. The van der Waals surface area contributed by atoms with Gasteiger partial charge < -0.3 is 14.8 Å². The van der Waals surface area contributed by atoms with Gasteiger partial charge in [-0.3, -0.25) is 4.98 Å². The van der Waals surface area contributed by atoms with Gasteiger partial charge in [-0.25, -0.2) is 9.78 Å². The second kappa shape index (κ2) is 8.33. The monoisotopic (exact) mass is 370 g/mol. The first-order valence-corrected chi connectivity index (χ1v) is 9.29. The highest BCUT2D eigenvalue weighted by molar-refractivity contribution is 5.68. The molecule has 144 valence electrons. The van der Waals surface area contributed by atoms with E-state index in [1.165, 1.54) is 0 Å². The van der Waals surface area contributed by atoms with Crippen LogP contribution in [0.5, 0.6) is 5.88 Å². The molecule has 1 amide bonds. The summed E-state index contributed by atoms with van der Waals surface area (Å²) in [7, 11) is 0. The van der Waals surface area contributed by atoms with Gasteiger partial charge in [-0.2, -0.15) is 4.98 Å². The Morgan fingerprint density at radius 1 is 1.07 bits per heavy atom. The normalized spacial score (nSPS) is 20.0. The molecule has 1 aliphatic rings. The number of pyridine rings is 1. The van der Waals surface area contributed by atoms with Crippen LogP contribution in [0.1, 0.15) is 46.5 Å². The zero-order chi connectivity index (χ0) is 19.3. The molecule has 27 heavy (non-hydrogen) atoms. The van der Waals surface area contributed by atoms with Crippen LogP contribution in [0.2, 0.25) is 0 Å². The van der Waals surface area contributed by atoms with Gasteiger partial charge in [-0.1, -0.05) is 0 Å². The minimum absolute atomic E-state index is 0.0851. The Morgan fingerprint density at radius 2 is 1.78 bits per heavy atom. The van der Waals surface area contributed by atoms with E-state index in [2.05, 4.69) is 20.3 Å². The predicted octanol–water partition coefficient (Wildman–Crippen LogP) is 3.75. The number of carbonyl (C=O) groups is 1. The van der Waals surface area contributed by atoms with Gasteiger partial charge in [0.2, 0.25) is 5.88 Å². The number of aromatic nitrogens is 3. The highest BCUT2D eigenvalue weighted by Crippen LogP contribution is 2.24. The van der Waals surface area contributed by atoms with Crippen molar-refractivity contribution in [1.29, 1.82) is 0 Å². The van der Waals surface area contributed by atoms with E-state index >= 15 is 0 Å². The number of amides is 1. The number of ether oxygens (including phenoxy) is 2. The van der Waals surface area contributed by atoms with Gasteiger partial charge in [0.05, 0.1) is 0 Å².